The number of nitrogens with zero attached hydrogens (tertiary/aromatic N) is 3. The molecule has 0 bridgehead atoms. The maximum atomic E-state index is 9.00. The first-order valence-corrected chi connectivity index (χ1v) is 5.23. The Labute approximate surface area is 95.7 Å². The van der Waals surface area contributed by atoms with Crippen LogP contribution in [0.5, 0.6) is 0 Å². The first-order chi connectivity index (χ1) is 6.68. The Morgan fingerprint density at radius 1 is 1.33 bits per heavy atom. The molecule has 3 nitrogen and oxygen atoms in total. The van der Waals surface area contributed by atoms with Crippen LogP contribution in [0.4, 0.5) is 0 Å². The first-order valence-electron chi connectivity index (χ1n) is 4.86. The van der Waals surface area contributed by atoms with Gasteiger partial charge in [-0.3, -0.25) is 4.68 Å². The molecule has 1 rings (SSSR count). The summed E-state index contributed by atoms with van der Waals surface area (Å²) in [4.78, 5) is 0. The van der Waals surface area contributed by atoms with E-state index in [4.69, 9.17) is 16.9 Å². The van der Waals surface area contributed by atoms with Gasteiger partial charge in [0.2, 0.25) is 0 Å². The van der Waals surface area contributed by atoms with Crippen molar-refractivity contribution in [2.45, 2.75) is 45.6 Å². The van der Waals surface area contributed by atoms with Crippen LogP contribution in [0.25, 0.3) is 0 Å². The second kappa shape index (κ2) is 3.53. The minimum atomic E-state index is -0.660. The van der Waals surface area contributed by atoms with Gasteiger partial charge >= 0.3 is 0 Å². The first kappa shape index (κ1) is 12.1. The van der Waals surface area contributed by atoms with Gasteiger partial charge in [-0.25, -0.2) is 0 Å². The van der Waals surface area contributed by atoms with Crippen LogP contribution in [0.1, 0.15) is 40.2 Å². The smallest absolute Gasteiger partial charge is 0.154 e. The predicted octanol–water partition coefficient (Wildman–Crippen LogP) is 3.09. The Morgan fingerprint density at radius 3 is 2.20 bits per heavy atom. The lowest BCUT2D eigenvalue weighted by Gasteiger charge is -2.17. The summed E-state index contributed by atoms with van der Waals surface area (Å²) in [5.41, 5.74) is 0.251. The minimum absolute atomic E-state index is 0.0547. The molecule has 0 atom stereocenters. The van der Waals surface area contributed by atoms with Gasteiger partial charge in [-0.1, -0.05) is 32.4 Å². The SMILES string of the molecule is CC(C)(C)c1cn(C(C)(C)C#N)nc1Cl. The summed E-state index contributed by atoms with van der Waals surface area (Å²) in [7, 11) is 0. The predicted molar refractivity (Wildman–Crippen MR) is 60.9 cm³/mol. The average molecular weight is 226 g/mol. The summed E-state index contributed by atoms with van der Waals surface area (Å²) >= 11 is 6.05. The van der Waals surface area contributed by atoms with E-state index in [0.717, 1.165) is 5.56 Å². The van der Waals surface area contributed by atoms with E-state index < -0.39 is 5.54 Å². The van der Waals surface area contributed by atoms with Crippen molar-refractivity contribution in [2.24, 2.45) is 0 Å². The van der Waals surface area contributed by atoms with Crippen molar-refractivity contribution >= 4 is 11.6 Å². The van der Waals surface area contributed by atoms with Crippen molar-refractivity contribution in [3.8, 4) is 6.07 Å². The summed E-state index contributed by atoms with van der Waals surface area (Å²) in [6.07, 6.45) is 1.85. The molecule has 1 aromatic rings. The van der Waals surface area contributed by atoms with Gasteiger partial charge in [0, 0.05) is 11.8 Å². The largest absolute Gasteiger partial charge is 0.251 e. The molecule has 0 spiro atoms. The van der Waals surface area contributed by atoms with Gasteiger partial charge in [-0.15, -0.1) is 0 Å². The van der Waals surface area contributed by atoms with E-state index in [1.165, 1.54) is 0 Å². The Hall–Kier alpha value is -1.01. The van der Waals surface area contributed by atoms with E-state index in [1.807, 2.05) is 20.0 Å². The summed E-state index contributed by atoms with van der Waals surface area (Å²) in [5, 5.41) is 13.7. The van der Waals surface area contributed by atoms with E-state index in [1.54, 1.807) is 4.68 Å². The number of aromatic nitrogens is 2. The molecule has 0 saturated heterocycles. The van der Waals surface area contributed by atoms with Crippen molar-refractivity contribution in [3.05, 3.63) is 16.9 Å². The van der Waals surface area contributed by atoms with E-state index in [2.05, 4.69) is 31.9 Å². The fourth-order valence-electron chi connectivity index (χ4n) is 1.19. The molecule has 0 aliphatic carbocycles. The van der Waals surface area contributed by atoms with Crippen LogP contribution in [0, 0.1) is 11.3 Å². The molecule has 0 amide bonds. The third-order valence-corrected chi connectivity index (χ3v) is 2.60. The van der Waals surface area contributed by atoms with Gasteiger partial charge in [-0.2, -0.15) is 10.4 Å². The highest BCUT2D eigenvalue weighted by molar-refractivity contribution is 6.30. The van der Waals surface area contributed by atoms with Crippen LogP contribution >= 0.6 is 11.6 Å². The van der Waals surface area contributed by atoms with Gasteiger partial charge in [-0.05, 0) is 19.3 Å². The quantitative estimate of drug-likeness (QED) is 0.737. The fraction of sp³-hybridized carbons (Fsp3) is 0.636. The van der Waals surface area contributed by atoms with E-state index in [9.17, 15) is 0 Å². The van der Waals surface area contributed by atoms with Crippen molar-refractivity contribution in [1.29, 1.82) is 5.26 Å². The van der Waals surface area contributed by atoms with Crippen LogP contribution in [0.2, 0.25) is 5.15 Å². The van der Waals surface area contributed by atoms with Crippen molar-refractivity contribution in [1.82, 2.24) is 9.78 Å². The highest BCUT2D eigenvalue weighted by Gasteiger charge is 2.26. The molecule has 1 aromatic heterocycles. The topological polar surface area (TPSA) is 41.6 Å². The Kier molecular flexibility index (Phi) is 2.84. The fourth-order valence-corrected chi connectivity index (χ4v) is 1.61. The number of hydrogen-bond donors (Lipinski definition) is 0. The van der Waals surface area contributed by atoms with Crippen molar-refractivity contribution in [2.75, 3.05) is 0 Å². The van der Waals surface area contributed by atoms with E-state index in [0.29, 0.717) is 5.15 Å². The standard InChI is InChI=1S/C11H16ClN3/c1-10(2,3)8-6-15(14-9(8)12)11(4,5)7-13/h6H,1-5H3. The second-order valence-corrected chi connectivity index (χ2v) is 5.56. The molecule has 4 heteroatoms. The van der Waals surface area contributed by atoms with Gasteiger partial charge in [0.15, 0.2) is 5.15 Å². The molecule has 0 fully saturated rings. The number of nitriles is 1. The van der Waals surface area contributed by atoms with E-state index in [-0.39, 0.29) is 5.41 Å². The monoisotopic (exact) mass is 225 g/mol. The number of rotatable bonds is 1. The maximum Gasteiger partial charge on any atom is 0.154 e. The molecule has 0 N–H and O–H groups in total. The lowest BCUT2D eigenvalue weighted by molar-refractivity contribution is 0.417. The third-order valence-electron chi connectivity index (χ3n) is 2.32. The molecule has 82 valence electrons. The van der Waals surface area contributed by atoms with Crippen LogP contribution in [0.15, 0.2) is 6.20 Å². The lowest BCUT2D eigenvalue weighted by atomic mass is 9.89. The van der Waals surface area contributed by atoms with Gasteiger partial charge in [0.1, 0.15) is 5.54 Å². The van der Waals surface area contributed by atoms with Crippen molar-refractivity contribution < 1.29 is 0 Å². The molecule has 0 radical (unpaired) electrons. The third kappa shape index (κ3) is 2.32. The maximum absolute atomic E-state index is 9.00. The van der Waals surface area contributed by atoms with Gasteiger partial charge in [0.05, 0.1) is 6.07 Å². The summed E-state index contributed by atoms with van der Waals surface area (Å²) in [6, 6.07) is 2.19. The molecule has 0 unspecified atom stereocenters. The zero-order valence-electron chi connectivity index (χ0n) is 9.80. The normalized spacial score (nSPS) is 12.6. The van der Waals surface area contributed by atoms with Crippen LogP contribution in [-0.4, -0.2) is 9.78 Å². The van der Waals surface area contributed by atoms with E-state index >= 15 is 0 Å². The van der Waals surface area contributed by atoms with Crippen LogP contribution in [-0.2, 0) is 11.0 Å². The lowest BCUT2D eigenvalue weighted by Crippen LogP contribution is -2.24. The average Bonchev–Trinajstić information content (AvgIpc) is 2.47. The second-order valence-electron chi connectivity index (χ2n) is 5.20. The zero-order valence-corrected chi connectivity index (χ0v) is 10.6. The zero-order chi connectivity index (χ0) is 11.9. The van der Waals surface area contributed by atoms with Crippen LogP contribution < -0.4 is 0 Å². The Bertz CT molecular complexity index is 404. The summed E-state index contributed by atoms with van der Waals surface area (Å²) < 4.78 is 1.62. The van der Waals surface area contributed by atoms with Crippen molar-refractivity contribution in [3.63, 3.8) is 0 Å². The molecule has 0 saturated carbocycles. The molecule has 0 aliphatic rings. The highest BCUT2D eigenvalue weighted by atomic mass is 35.5. The van der Waals surface area contributed by atoms with Gasteiger partial charge in [0.25, 0.3) is 0 Å². The molecular formula is C11H16ClN3. The molecule has 1 heterocycles. The Balaban J connectivity index is 3.25. The highest BCUT2D eigenvalue weighted by Crippen LogP contribution is 2.30. The number of halogens is 1. The van der Waals surface area contributed by atoms with Crippen LogP contribution in [0.3, 0.4) is 0 Å². The molecular weight excluding hydrogens is 210 g/mol. The minimum Gasteiger partial charge on any atom is -0.251 e. The molecule has 0 aromatic carbocycles. The molecule has 15 heavy (non-hydrogen) atoms. The summed E-state index contributed by atoms with van der Waals surface area (Å²) in [5.74, 6) is 0. The molecule has 0 aliphatic heterocycles. The van der Waals surface area contributed by atoms with Gasteiger partial charge < -0.3 is 0 Å². The Morgan fingerprint density at radius 2 is 1.87 bits per heavy atom. The number of hydrogen-bond acceptors (Lipinski definition) is 2. The summed E-state index contributed by atoms with van der Waals surface area (Å²) in [6.45, 7) is 9.82.